The highest BCUT2D eigenvalue weighted by atomic mass is 16.5. The van der Waals surface area contributed by atoms with Crippen LogP contribution in [-0.2, 0) is 9.53 Å². The largest absolute Gasteiger partial charge is 0.451 e. The van der Waals surface area contributed by atoms with Crippen LogP contribution in [0, 0.1) is 0 Å². The van der Waals surface area contributed by atoms with E-state index in [2.05, 4.69) is 11.6 Å². The van der Waals surface area contributed by atoms with Gasteiger partial charge in [0.15, 0.2) is 6.10 Å². The van der Waals surface area contributed by atoms with Crippen LogP contribution in [-0.4, -0.2) is 22.8 Å². The number of rotatable bonds is 4. The lowest BCUT2D eigenvalue weighted by Crippen LogP contribution is -2.23. The van der Waals surface area contributed by atoms with E-state index in [4.69, 9.17) is 4.74 Å². The van der Waals surface area contributed by atoms with Crippen molar-refractivity contribution < 1.29 is 14.3 Å². The van der Waals surface area contributed by atoms with Gasteiger partial charge >= 0.3 is 5.97 Å². The molecule has 0 aliphatic rings. The normalized spacial score (nSPS) is 11.5. The second-order valence-electron chi connectivity index (χ2n) is 2.88. The van der Waals surface area contributed by atoms with Crippen molar-refractivity contribution in [3.05, 3.63) is 42.7 Å². The van der Waals surface area contributed by atoms with Crippen molar-refractivity contribution >= 4 is 11.8 Å². The number of ether oxygens (including phenoxy) is 1. The molecular weight excluding hydrogens is 194 g/mol. The second kappa shape index (κ2) is 5.05. The fraction of sp³-hybridized carbons (Fsp3) is 0.182. The van der Waals surface area contributed by atoms with E-state index in [9.17, 15) is 9.59 Å². The molecule has 0 bridgehead atoms. The van der Waals surface area contributed by atoms with E-state index in [-0.39, 0.29) is 5.78 Å². The maximum atomic E-state index is 11.7. The Hall–Kier alpha value is -1.97. The van der Waals surface area contributed by atoms with Gasteiger partial charge in [0.05, 0.1) is 0 Å². The number of nitrogens with zero attached hydrogens (tertiary/aromatic N) is 1. The third-order valence-corrected chi connectivity index (χ3v) is 1.79. The fourth-order valence-electron chi connectivity index (χ4n) is 1.03. The van der Waals surface area contributed by atoms with E-state index in [1.54, 1.807) is 12.1 Å². The molecule has 0 fully saturated rings. The molecule has 0 aliphatic heterocycles. The molecule has 1 heterocycles. The lowest BCUT2D eigenvalue weighted by atomic mass is 10.1. The summed E-state index contributed by atoms with van der Waals surface area (Å²) in [5.74, 6) is -0.863. The first-order valence-electron chi connectivity index (χ1n) is 4.42. The number of hydrogen-bond acceptors (Lipinski definition) is 4. The van der Waals surface area contributed by atoms with Gasteiger partial charge in [-0.15, -0.1) is 0 Å². The van der Waals surface area contributed by atoms with Gasteiger partial charge in [-0.05, 0) is 19.1 Å². The van der Waals surface area contributed by atoms with Crippen LogP contribution in [0.15, 0.2) is 37.2 Å². The Balaban J connectivity index is 2.69. The third kappa shape index (κ3) is 3.02. The number of esters is 1. The Labute approximate surface area is 87.6 Å². The third-order valence-electron chi connectivity index (χ3n) is 1.79. The predicted octanol–water partition coefficient (Wildman–Crippen LogP) is 1.38. The Morgan fingerprint density at radius 3 is 2.60 bits per heavy atom. The van der Waals surface area contributed by atoms with Crippen LogP contribution in [0.25, 0.3) is 0 Å². The van der Waals surface area contributed by atoms with Gasteiger partial charge < -0.3 is 4.74 Å². The van der Waals surface area contributed by atoms with Gasteiger partial charge in [0.1, 0.15) is 0 Å². The van der Waals surface area contributed by atoms with Crippen molar-refractivity contribution in [1.82, 2.24) is 4.98 Å². The SMILES string of the molecule is C=CC(=O)OC(C)C(=O)c1ccncc1. The summed E-state index contributed by atoms with van der Waals surface area (Å²) in [5.41, 5.74) is 0.467. The molecule has 0 saturated heterocycles. The van der Waals surface area contributed by atoms with Crippen LogP contribution in [0.5, 0.6) is 0 Å². The number of carbonyl (C=O) groups is 2. The summed E-state index contributed by atoms with van der Waals surface area (Å²) in [6, 6.07) is 3.14. The summed E-state index contributed by atoms with van der Waals surface area (Å²) >= 11 is 0. The van der Waals surface area contributed by atoms with Crippen molar-refractivity contribution in [1.29, 1.82) is 0 Å². The monoisotopic (exact) mass is 205 g/mol. The fourth-order valence-corrected chi connectivity index (χ4v) is 1.03. The summed E-state index contributed by atoms with van der Waals surface area (Å²) < 4.78 is 4.79. The molecule has 1 aromatic rings. The molecule has 1 rings (SSSR count). The lowest BCUT2D eigenvalue weighted by Gasteiger charge is -2.10. The minimum atomic E-state index is -0.808. The van der Waals surface area contributed by atoms with Crippen LogP contribution in [0.3, 0.4) is 0 Å². The minimum absolute atomic E-state index is 0.257. The van der Waals surface area contributed by atoms with Gasteiger partial charge in [-0.25, -0.2) is 4.79 Å². The van der Waals surface area contributed by atoms with Crippen LogP contribution >= 0.6 is 0 Å². The Morgan fingerprint density at radius 2 is 2.07 bits per heavy atom. The van der Waals surface area contributed by atoms with E-state index >= 15 is 0 Å². The first-order chi connectivity index (χ1) is 7.15. The maximum Gasteiger partial charge on any atom is 0.330 e. The minimum Gasteiger partial charge on any atom is -0.451 e. The molecule has 0 N–H and O–H groups in total. The first-order valence-corrected chi connectivity index (χ1v) is 4.42. The van der Waals surface area contributed by atoms with Gasteiger partial charge in [0.2, 0.25) is 5.78 Å². The molecular formula is C11H11NO3. The van der Waals surface area contributed by atoms with E-state index < -0.39 is 12.1 Å². The molecule has 0 aliphatic carbocycles. The topological polar surface area (TPSA) is 56.3 Å². The average Bonchev–Trinajstić information content (AvgIpc) is 2.29. The molecule has 0 amide bonds. The zero-order valence-electron chi connectivity index (χ0n) is 8.34. The van der Waals surface area contributed by atoms with Crippen LogP contribution in [0.4, 0.5) is 0 Å². The highest BCUT2D eigenvalue weighted by molar-refractivity contribution is 6.00. The summed E-state index contributed by atoms with van der Waals surface area (Å²) in [7, 11) is 0. The second-order valence-corrected chi connectivity index (χ2v) is 2.88. The van der Waals surface area contributed by atoms with Gasteiger partial charge in [0, 0.05) is 24.0 Å². The molecule has 0 spiro atoms. The number of pyridine rings is 1. The van der Waals surface area contributed by atoms with Crippen molar-refractivity contribution in [2.75, 3.05) is 0 Å². The van der Waals surface area contributed by atoms with E-state index in [1.165, 1.54) is 19.3 Å². The highest BCUT2D eigenvalue weighted by Gasteiger charge is 2.17. The molecule has 1 aromatic heterocycles. The van der Waals surface area contributed by atoms with Gasteiger partial charge in [-0.3, -0.25) is 9.78 Å². The standard InChI is InChI=1S/C11H11NO3/c1-3-10(13)15-8(2)11(14)9-4-6-12-7-5-9/h3-8H,1H2,2H3. The summed E-state index contributed by atoms with van der Waals surface area (Å²) in [6.07, 6.45) is 3.24. The van der Waals surface area contributed by atoms with Gasteiger partial charge in [-0.2, -0.15) is 0 Å². The average molecular weight is 205 g/mol. The molecule has 0 radical (unpaired) electrons. The van der Waals surface area contributed by atoms with E-state index in [0.717, 1.165) is 6.08 Å². The van der Waals surface area contributed by atoms with Crippen molar-refractivity contribution in [3.8, 4) is 0 Å². The van der Waals surface area contributed by atoms with Gasteiger partial charge in [-0.1, -0.05) is 6.58 Å². The van der Waals surface area contributed by atoms with Crippen molar-refractivity contribution in [2.45, 2.75) is 13.0 Å². The summed E-state index contributed by atoms with van der Waals surface area (Å²) in [6.45, 7) is 4.77. The van der Waals surface area contributed by atoms with E-state index in [1.807, 2.05) is 0 Å². The zero-order valence-corrected chi connectivity index (χ0v) is 8.34. The summed E-state index contributed by atoms with van der Waals surface area (Å²) in [4.78, 5) is 26.3. The summed E-state index contributed by atoms with van der Waals surface area (Å²) in [5, 5.41) is 0. The smallest absolute Gasteiger partial charge is 0.330 e. The Morgan fingerprint density at radius 1 is 1.47 bits per heavy atom. The molecule has 0 aromatic carbocycles. The quantitative estimate of drug-likeness (QED) is 0.423. The molecule has 1 unspecified atom stereocenters. The lowest BCUT2D eigenvalue weighted by molar-refractivity contribution is -0.140. The number of Topliss-reactive ketones (excluding diaryl/α,β-unsaturated/α-hetero) is 1. The first kappa shape index (κ1) is 11.1. The van der Waals surface area contributed by atoms with Crippen LogP contribution in [0.1, 0.15) is 17.3 Å². The van der Waals surface area contributed by atoms with Crippen LogP contribution in [0.2, 0.25) is 0 Å². The highest BCUT2D eigenvalue weighted by Crippen LogP contribution is 2.05. The number of hydrogen-bond donors (Lipinski definition) is 0. The molecule has 0 saturated carbocycles. The Bertz CT molecular complexity index is 373. The van der Waals surface area contributed by atoms with Crippen molar-refractivity contribution in [2.24, 2.45) is 0 Å². The Kier molecular flexibility index (Phi) is 3.74. The van der Waals surface area contributed by atoms with Gasteiger partial charge in [0.25, 0.3) is 0 Å². The maximum absolute atomic E-state index is 11.7. The molecule has 1 atom stereocenters. The van der Waals surface area contributed by atoms with Crippen LogP contribution < -0.4 is 0 Å². The molecule has 15 heavy (non-hydrogen) atoms. The predicted molar refractivity (Wildman–Crippen MR) is 54.3 cm³/mol. The number of ketones is 1. The number of aromatic nitrogens is 1. The van der Waals surface area contributed by atoms with Crippen molar-refractivity contribution in [3.63, 3.8) is 0 Å². The zero-order chi connectivity index (χ0) is 11.3. The molecule has 4 heteroatoms. The number of carbonyl (C=O) groups excluding carboxylic acids is 2. The molecule has 4 nitrogen and oxygen atoms in total. The van der Waals surface area contributed by atoms with E-state index in [0.29, 0.717) is 5.56 Å². The molecule has 78 valence electrons.